The molecule has 2 rings (SSSR count). The van der Waals surface area contributed by atoms with E-state index in [1.54, 1.807) is 36.7 Å². The average Bonchev–Trinajstić information content (AvgIpc) is 2.46. The Hall–Kier alpha value is -1.65. The summed E-state index contributed by atoms with van der Waals surface area (Å²) in [6, 6.07) is 6.52. The van der Waals surface area contributed by atoms with Gasteiger partial charge in [0.15, 0.2) is 11.6 Å². The first-order valence-corrected chi connectivity index (χ1v) is 6.72. The Labute approximate surface area is 122 Å². The van der Waals surface area contributed by atoms with Gasteiger partial charge in [0.25, 0.3) is 0 Å². The summed E-state index contributed by atoms with van der Waals surface area (Å²) in [6.07, 6.45) is 3.20. The fourth-order valence-electron chi connectivity index (χ4n) is 2.12. The van der Waals surface area contributed by atoms with Crippen LogP contribution in [0.1, 0.15) is 24.1 Å². The maximum absolute atomic E-state index is 14.4. The van der Waals surface area contributed by atoms with Crippen molar-refractivity contribution in [3.05, 3.63) is 58.6 Å². The van der Waals surface area contributed by atoms with E-state index in [1.807, 2.05) is 6.92 Å². The summed E-state index contributed by atoms with van der Waals surface area (Å²) >= 11 is 6.17. The van der Waals surface area contributed by atoms with Crippen molar-refractivity contribution >= 4 is 11.6 Å². The predicted octanol–water partition coefficient (Wildman–Crippen LogP) is 3.58. The van der Waals surface area contributed by atoms with E-state index in [9.17, 15) is 4.39 Å². The highest BCUT2D eigenvalue weighted by Crippen LogP contribution is 2.32. The van der Waals surface area contributed by atoms with Gasteiger partial charge in [-0.2, -0.15) is 0 Å². The van der Waals surface area contributed by atoms with E-state index in [4.69, 9.17) is 16.3 Å². The number of ether oxygens (including phenoxy) is 1. The van der Waals surface area contributed by atoms with E-state index in [-0.39, 0.29) is 17.6 Å². The number of nitrogens with one attached hydrogen (secondary N) is 1. The van der Waals surface area contributed by atoms with Crippen LogP contribution in [0.2, 0.25) is 5.02 Å². The number of rotatable bonds is 5. The summed E-state index contributed by atoms with van der Waals surface area (Å²) in [5.74, 6) is -0.163. The number of benzene rings is 1. The number of aromatic nitrogens is 1. The van der Waals surface area contributed by atoms with Gasteiger partial charge >= 0.3 is 0 Å². The Morgan fingerprint density at radius 3 is 2.80 bits per heavy atom. The first-order chi connectivity index (χ1) is 9.69. The highest BCUT2D eigenvalue weighted by atomic mass is 35.5. The summed E-state index contributed by atoms with van der Waals surface area (Å²) in [4.78, 5) is 3.96. The number of methoxy groups -OCH3 is 1. The molecule has 1 atom stereocenters. The van der Waals surface area contributed by atoms with Crippen LogP contribution in [0.4, 0.5) is 4.39 Å². The van der Waals surface area contributed by atoms with E-state index < -0.39 is 0 Å². The average molecular weight is 295 g/mol. The molecule has 1 aromatic carbocycles. The molecule has 3 nitrogen and oxygen atoms in total. The minimum absolute atomic E-state index is 0.218. The second-order valence-electron chi connectivity index (χ2n) is 4.25. The van der Waals surface area contributed by atoms with Crippen LogP contribution in [0, 0.1) is 5.82 Å². The van der Waals surface area contributed by atoms with Gasteiger partial charge in [0.1, 0.15) is 0 Å². The standard InChI is InChI=1S/C15H16ClFN2O/c1-3-19-15(10-7-8-18-9-12(10)16)11-5-4-6-13(20-2)14(11)17/h4-9,15,19H,3H2,1-2H3. The zero-order valence-corrected chi connectivity index (χ0v) is 12.1. The van der Waals surface area contributed by atoms with Crippen molar-refractivity contribution in [2.24, 2.45) is 0 Å². The van der Waals surface area contributed by atoms with Crippen molar-refractivity contribution in [3.8, 4) is 5.75 Å². The molecular weight excluding hydrogens is 279 g/mol. The first kappa shape index (κ1) is 14.8. The predicted molar refractivity (Wildman–Crippen MR) is 77.7 cm³/mol. The van der Waals surface area contributed by atoms with Gasteiger partial charge in [-0.15, -0.1) is 0 Å². The van der Waals surface area contributed by atoms with Crippen molar-refractivity contribution in [3.63, 3.8) is 0 Å². The molecule has 0 aliphatic heterocycles. The maximum atomic E-state index is 14.4. The molecule has 1 unspecified atom stereocenters. The third kappa shape index (κ3) is 2.92. The van der Waals surface area contributed by atoms with E-state index in [1.165, 1.54) is 7.11 Å². The number of nitrogens with zero attached hydrogens (tertiary/aromatic N) is 1. The Morgan fingerprint density at radius 1 is 1.35 bits per heavy atom. The highest BCUT2D eigenvalue weighted by molar-refractivity contribution is 6.31. The largest absolute Gasteiger partial charge is 0.494 e. The summed E-state index contributed by atoms with van der Waals surface area (Å²) in [5.41, 5.74) is 1.29. The summed E-state index contributed by atoms with van der Waals surface area (Å²) < 4.78 is 19.5. The number of pyridine rings is 1. The lowest BCUT2D eigenvalue weighted by Gasteiger charge is -2.21. The molecule has 0 amide bonds. The first-order valence-electron chi connectivity index (χ1n) is 6.34. The van der Waals surface area contributed by atoms with Crippen molar-refractivity contribution < 1.29 is 9.13 Å². The van der Waals surface area contributed by atoms with Crippen LogP contribution in [-0.4, -0.2) is 18.6 Å². The van der Waals surface area contributed by atoms with Gasteiger partial charge in [-0.3, -0.25) is 4.98 Å². The van der Waals surface area contributed by atoms with E-state index in [2.05, 4.69) is 10.3 Å². The zero-order valence-electron chi connectivity index (χ0n) is 11.4. The topological polar surface area (TPSA) is 34.2 Å². The minimum Gasteiger partial charge on any atom is -0.494 e. The second-order valence-corrected chi connectivity index (χ2v) is 4.66. The van der Waals surface area contributed by atoms with Crippen LogP contribution in [-0.2, 0) is 0 Å². The maximum Gasteiger partial charge on any atom is 0.170 e. The molecular formula is C15H16ClFN2O. The Balaban J connectivity index is 2.52. The molecule has 20 heavy (non-hydrogen) atoms. The Morgan fingerprint density at radius 2 is 2.15 bits per heavy atom. The van der Waals surface area contributed by atoms with Gasteiger partial charge < -0.3 is 10.1 Å². The number of hydrogen-bond acceptors (Lipinski definition) is 3. The molecule has 0 bridgehead atoms. The van der Waals surface area contributed by atoms with Crippen LogP contribution in [0.3, 0.4) is 0 Å². The van der Waals surface area contributed by atoms with E-state index in [0.717, 1.165) is 5.56 Å². The second kappa shape index (κ2) is 6.68. The van der Waals surface area contributed by atoms with Gasteiger partial charge in [-0.1, -0.05) is 30.7 Å². The van der Waals surface area contributed by atoms with Crippen molar-refractivity contribution in [2.75, 3.05) is 13.7 Å². The van der Waals surface area contributed by atoms with Crippen LogP contribution in [0.25, 0.3) is 0 Å². The van der Waals surface area contributed by atoms with E-state index >= 15 is 0 Å². The van der Waals surface area contributed by atoms with Crippen LogP contribution < -0.4 is 10.1 Å². The van der Waals surface area contributed by atoms with E-state index in [0.29, 0.717) is 17.1 Å². The lowest BCUT2D eigenvalue weighted by molar-refractivity contribution is 0.381. The SMILES string of the molecule is CCNC(c1ccncc1Cl)c1cccc(OC)c1F. The van der Waals surface area contributed by atoms with Gasteiger partial charge in [0, 0.05) is 18.0 Å². The molecule has 106 valence electrons. The van der Waals surface area contributed by atoms with Gasteiger partial charge in [0.05, 0.1) is 18.2 Å². The third-order valence-corrected chi connectivity index (χ3v) is 3.36. The van der Waals surface area contributed by atoms with Crippen LogP contribution >= 0.6 is 11.6 Å². The lowest BCUT2D eigenvalue weighted by Crippen LogP contribution is -2.23. The molecule has 1 heterocycles. The molecule has 1 N–H and O–H groups in total. The molecule has 0 spiro atoms. The normalized spacial score (nSPS) is 12.2. The molecule has 0 saturated heterocycles. The quantitative estimate of drug-likeness (QED) is 0.915. The molecule has 0 saturated carbocycles. The zero-order chi connectivity index (χ0) is 14.5. The van der Waals surface area contributed by atoms with Gasteiger partial charge in [-0.05, 0) is 24.2 Å². The molecule has 1 aromatic heterocycles. The molecule has 0 fully saturated rings. The Bertz CT molecular complexity index is 592. The molecule has 0 radical (unpaired) electrons. The summed E-state index contributed by atoms with van der Waals surface area (Å²) in [7, 11) is 1.45. The highest BCUT2D eigenvalue weighted by Gasteiger charge is 2.21. The Kier molecular flexibility index (Phi) is 4.93. The van der Waals surface area contributed by atoms with Crippen LogP contribution in [0.5, 0.6) is 5.75 Å². The third-order valence-electron chi connectivity index (χ3n) is 3.05. The molecule has 5 heteroatoms. The number of halogens is 2. The molecule has 0 aliphatic rings. The van der Waals surface area contributed by atoms with Gasteiger partial charge in [-0.25, -0.2) is 4.39 Å². The minimum atomic E-state index is -0.381. The van der Waals surface area contributed by atoms with Crippen molar-refractivity contribution in [1.29, 1.82) is 0 Å². The van der Waals surface area contributed by atoms with Crippen molar-refractivity contribution in [2.45, 2.75) is 13.0 Å². The molecule has 0 aliphatic carbocycles. The lowest BCUT2D eigenvalue weighted by atomic mass is 9.98. The fraction of sp³-hybridized carbons (Fsp3) is 0.267. The smallest absolute Gasteiger partial charge is 0.170 e. The number of hydrogen-bond donors (Lipinski definition) is 1. The van der Waals surface area contributed by atoms with Crippen molar-refractivity contribution in [1.82, 2.24) is 10.3 Å². The monoisotopic (exact) mass is 294 g/mol. The fourth-order valence-corrected chi connectivity index (χ4v) is 2.35. The summed E-state index contributed by atoms with van der Waals surface area (Å²) in [6.45, 7) is 2.64. The molecule has 2 aromatic rings. The summed E-state index contributed by atoms with van der Waals surface area (Å²) in [5, 5.41) is 3.74. The van der Waals surface area contributed by atoms with Gasteiger partial charge in [0.2, 0.25) is 0 Å². The van der Waals surface area contributed by atoms with Crippen LogP contribution in [0.15, 0.2) is 36.7 Å².